The topological polar surface area (TPSA) is 21.7 Å². The van der Waals surface area contributed by atoms with E-state index in [0.717, 1.165) is 24.2 Å². The number of benzene rings is 2. The first kappa shape index (κ1) is 15.3. The number of aryl methyl sites for hydroxylation is 1. The summed E-state index contributed by atoms with van der Waals surface area (Å²) in [6, 6.07) is 14.6. The molecule has 0 aromatic heterocycles. The molecule has 3 rings (SSSR count). The van der Waals surface area contributed by atoms with Crippen molar-refractivity contribution < 1.29 is 9.47 Å². The van der Waals surface area contributed by atoms with Crippen molar-refractivity contribution in [2.24, 2.45) is 0 Å². The lowest BCUT2D eigenvalue weighted by atomic mass is 9.96. The lowest BCUT2D eigenvalue weighted by Crippen LogP contribution is -2.34. The van der Waals surface area contributed by atoms with E-state index in [9.17, 15) is 0 Å². The third-order valence-corrected chi connectivity index (χ3v) is 4.29. The second-order valence-corrected chi connectivity index (χ2v) is 5.63. The highest BCUT2D eigenvalue weighted by atomic mass is 16.5. The van der Waals surface area contributed by atoms with Crippen LogP contribution >= 0.6 is 0 Å². The van der Waals surface area contributed by atoms with Gasteiger partial charge in [0.05, 0.1) is 20.3 Å². The summed E-state index contributed by atoms with van der Waals surface area (Å²) in [5.74, 6) is 8.10. The molecule has 3 heteroatoms. The zero-order valence-corrected chi connectivity index (χ0v) is 13.8. The van der Waals surface area contributed by atoms with Gasteiger partial charge in [-0.2, -0.15) is 0 Å². The maximum absolute atomic E-state index is 5.33. The van der Waals surface area contributed by atoms with E-state index in [2.05, 4.69) is 48.1 Å². The Bertz CT molecular complexity index is 758. The number of hydrogen-bond acceptors (Lipinski definition) is 3. The molecule has 1 unspecified atom stereocenters. The normalized spacial score (nSPS) is 16.1. The Morgan fingerprint density at radius 3 is 2.61 bits per heavy atom. The molecule has 0 aliphatic carbocycles. The highest BCUT2D eigenvalue weighted by molar-refractivity contribution is 5.58. The Morgan fingerprint density at radius 2 is 1.83 bits per heavy atom. The Hall–Kier alpha value is -2.60. The Labute approximate surface area is 137 Å². The van der Waals surface area contributed by atoms with E-state index >= 15 is 0 Å². The molecule has 0 spiro atoms. The average molecular weight is 307 g/mol. The van der Waals surface area contributed by atoms with Crippen molar-refractivity contribution in [3.05, 3.63) is 53.6 Å². The van der Waals surface area contributed by atoms with Gasteiger partial charge in [0.25, 0.3) is 0 Å². The van der Waals surface area contributed by atoms with Gasteiger partial charge in [-0.3, -0.25) is 0 Å². The number of anilines is 1. The number of fused-ring (bicyclic) bond motifs is 1. The molecule has 118 valence electrons. The number of ether oxygens (including phenoxy) is 2. The molecule has 2 aromatic carbocycles. The quantitative estimate of drug-likeness (QED) is 0.793. The second-order valence-electron chi connectivity index (χ2n) is 5.63. The van der Waals surface area contributed by atoms with Gasteiger partial charge in [0.2, 0.25) is 0 Å². The van der Waals surface area contributed by atoms with Crippen LogP contribution < -0.4 is 14.4 Å². The summed E-state index contributed by atoms with van der Waals surface area (Å²) in [7, 11) is 5.39. The van der Waals surface area contributed by atoms with Crippen molar-refractivity contribution in [1.29, 1.82) is 0 Å². The third kappa shape index (κ3) is 3.12. The molecule has 1 atom stereocenters. The van der Waals surface area contributed by atoms with Crippen molar-refractivity contribution in [1.82, 2.24) is 0 Å². The molecule has 2 aromatic rings. The fourth-order valence-corrected chi connectivity index (χ4v) is 2.97. The molecule has 3 nitrogen and oxygen atoms in total. The average Bonchev–Trinajstić information content (AvgIpc) is 2.61. The van der Waals surface area contributed by atoms with Gasteiger partial charge >= 0.3 is 0 Å². The molecular formula is C20H21NO2. The number of nitrogens with zero attached hydrogens (tertiary/aromatic N) is 1. The van der Waals surface area contributed by atoms with Gasteiger partial charge in [0.15, 0.2) is 11.5 Å². The van der Waals surface area contributed by atoms with E-state index in [1.807, 2.05) is 18.2 Å². The summed E-state index contributed by atoms with van der Waals surface area (Å²) in [6.45, 7) is 0. The van der Waals surface area contributed by atoms with Gasteiger partial charge in [0, 0.05) is 18.3 Å². The summed E-state index contributed by atoms with van der Waals surface area (Å²) < 4.78 is 10.6. The van der Waals surface area contributed by atoms with E-state index in [0.29, 0.717) is 5.75 Å². The maximum atomic E-state index is 5.33. The van der Waals surface area contributed by atoms with Crippen LogP contribution in [0.15, 0.2) is 42.5 Å². The van der Waals surface area contributed by atoms with E-state index in [4.69, 9.17) is 9.47 Å². The van der Waals surface area contributed by atoms with Crippen LogP contribution in [0, 0.1) is 11.8 Å². The Kier molecular flexibility index (Phi) is 4.43. The van der Waals surface area contributed by atoms with Gasteiger partial charge in [-0.1, -0.05) is 30.0 Å². The molecule has 1 heterocycles. The minimum Gasteiger partial charge on any atom is -0.493 e. The number of rotatable bonds is 2. The first-order chi connectivity index (χ1) is 11.2. The molecule has 0 bridgehead atoms. The number of methoxy groups -OCH3 is 2. The fourth-order valence-electron chi connectivity index (χ4n) is 2.97. The molecule has 1 aliphatic heterocycles. The summed E-state index contributed by atoms with van der Waals surface area (Å²) in [6.07, 6.45) is 2.12. The van der Waals surface area contributed by atoms with Crippen LogP contribution in [-0.4, -0.2) is 27.3 Å². The highest BCUT2D eigenvalue weighted by Crippen LogP contribution is 2.29. The first-order valence-electron chi connectivity index (χ1n) is 7.77. The van der Waals surface area contributed by atoms with Gasteiger partial charge in [0.1, 0.15) is 0 Å². The van der Waals surface area contributed by atoms with Crippen molar-refractivity contribution >= 4 is 5.69 Å². The van der Waals surface area contributed by atoms with Crippen LogP contribution in [0.5, 0.6) is 11.5 Å². The van der Waals surface area contributed by atoms with Crippen LogP contribution in [0.2, 0.25) is 0 Å². The zero-order valence-electron chi connectivity index (χ0n) is 13.8. The zero-order chi connectivity index (χ0) is 16.2. The molecule has 0 N–H and O–H groups in total. The maximum Gasteiger partial charge on any atom is 0.161 e. The molecule has 0 fully saturated rings. The van der Waals surface area contributed by atoms with Crippen LogP contribution in [-0.2, 0) is 6.42 Å². The highest BCUT2D eigenvalue weighted by Gasteiger charge is 2.21. The smallest absolute Gasteiger partial charge is 0.161 e. The predicted molar refractivity (Wildman–Crippen MR) is 93.4 cm³/mol. The standard InChI is InChI=1S/C20H21NO2/c1-21-17(12-10-16-6-4-5-7-18(16)21)11-8-15-9-13-19(22-2)20(14-15)23-3/h4-7,9,13-14,17H,10,12H2,1-3H3. The van der Waals surface area contributed by atoms with E-state index in [1.54, 1.807) is 14.2 Å². The van der Waals surface area contributed by atoms with Gasteiger partial charge in [-0.15, -0.1) is 0 Å². The lowest BCUT2D eigenvalue weighted by molar-refractivity contribution is 0.355. The second kappa shape index (κ2) is 6.66. The van der Waals surface area contributed by atoms with Crippen molar-refractivity contribution in [2.45, 2.75) is 18.9 Å². The third-order valence-electron chi connectivity index (χ3n) is 4.29. The molecule has 0 radical (unpaired) electrons. The molecular weight excluding hydrogens is 286 g/mol. The predicted octanol–water partition coefficient (Wildman–Crippen LogP) is 3.51. The largest absolute Gasteiger partial charge is 0.493 e. The summed E-state index contributed by atoms with van der Waals surface area (Å²) in [5, 5.41) is 0. The lowest BCUT2D eigenvalue weighted by Gasteiger charge is -2.32. The monoisotopic (exact) mass is 307 g/mol. The van der Waals surface area contributed by atoms with Crippen molar-refractivity contribution in [3.63, 3.8) is 0 Å². The van der Waals surface area contributed by atoms with Crippen LogP contribution in [0.3, 0.4) is 0 Å². The summed E-state index contributed by atoms with van der Waals surface area (Å²) in [5.41, 5.74) is 3.62. The van der Waals surface area contributed by atoms with Crippen LogP contribution in [0.1, 0.15) is 17.5 Å². The minimum atomic E-state index is 0.234. The van der Waals surface area contributed by atoms with Gasteiger partial charge < -0.3 is 14.4 Å². The van der Waals surface area contributed by atoms with E-state index < -0.39 is 0 Å². The summed E-state index contributed by atoms with van der Waals surface area (Å²) in [4.78, 5) is 2.27. The number of para-hydroxylation sites is 1. The van der Waals surface area contributed by atoms with E-state index in [-0.39, 0.29) is 6.04 Å². The minimum absolute atomic E-state index is 0.234. The fraction of sp³-hybridized carbons (Fsp3) is 0.300. The first-order valence-corrected chi connectivity index (χ1v) is 7.77. The molecule has 0 amide bonds. The Morgan fingerprint density at radius 1 is 1.04 bits per heavy atom. The molecule has 23 heavy (non-hydrogen) atoms. The van der Waals surface area contributed by atoms with Gasteiger partial charge in [-0.25, -0.2) is 0 Å². The molecule has 0 saturated carbocycles. The molecule has 1 aliphatic rings. The van der Waals surface area contributed by atoms with Crippen molar-refractivity contribution in [3.8, 4) is 23.3 Å². The van der Waals surface area contributed by atoms with Crippen LogP contribution in [0.25, 0.3) is 0 Å². The number of hydrogen-bond donors (Lipinski definition) is 0. The van der Waals surface area contributed by atoms with E-state index in [1.165, 1.54) is 11.3 Å². The van der Waals surface area contributed by atoms with Crippen molar-refractivity contribution in [2.75, 3.05) is 26.2 Å². The Balaban J connectivity index is 1.83. The summed E-state index contributed by atoms with van der Waals surface area (Å²) >= 11 is 0. The SMILES string of the molecule is COc1ccc(C#CC2CCc3ccccc3N2C)cc1OC. The van der Waals surface area contributed by atoms with Gasteiger partial charge in [-0.05, 0) is 42.7 Å². The molecule has 0 saturated heterocycles. The van der Waals surface area contributed by atoms with Crippen LogP contribution in [0.4, 0.5) is 5.69 Å².